The number of rotatable bonds is 5. The summed E-state index contributed by atoms with van der Waals surface area (Å²) >= 11 is 0. The second-order valence-corrected chi connectivity index (χ2v) is 4.46. The molecule has 2 heterocycles. The predicted octanol–water partition coefficient (Wildman–Crippen LogP) is 1.72. The molecular formula is C15H17N3O. The van der Waals surface area contributed by atoms with Crippen LogP contribution in [0, 0.1) is 0 Å². The van der Waals surface area contributed by atoms with E-state index in [4.69, 9.17) is 0 Å². The SMILES string of the molecule is CN(CCc1ccncc1)C(=O)Cc1cccnc1. The van der Waals surface area contributed by atoms with Gasteiger partial charge in [0, 0.05) is 38.4 Å². The van der Waals surface area contributed by atoms with E-state index in [1.807, 2.05) is 31.3 Å². The molecule has 19 heavy (non-hydrogen) atoms. The van der Waals surface area contributed by atoms with Crippen LogP contribution in [0.2, 0.25) is 0 Å². The van der Waals surface area contributed by atoms with Crippen molar-refractivity contribution in [1.82, 2.24) is 14.9 Å². The Kier molecular flexibility index (Phi) is 4.61. The zero-order valence-electron chi connectivity index (χ0n) is 11.0. The summed E-state index contributed by atoms with van der Waals surface area (Å²) in [7, 11) is 1.83. The summed E-state index contributed by atoms with van der Waals surface area (Å²) in [6, 6.07) is 7.71. The molecule has 0 aliphatic carbocycles. The molecule has 2 aromatic rings. The number of pyridine rings is 2. The fraction of sp³-hybridized carbons (Fsp3) is 0.267. The topological polar surface area (TPSA) is 46.1 Å². The quantitative estimate of drug-likeness (QED) is 0.817. The number of carbonyl (C=O) groups excluding carboxylic acids is 1. The van der Waals surface area contributed by atoms with Crippen LogP contribution in [0.4, 0.5) is 0 Å². The van der Waals surface area contributed by atoms with Gasteiger partial charge in [-0.1, -0.05) is 6.07 Å². The van der Waals surface area contributed by atoms with Gasteiger partial charge in [-0.3, -0.25) is 14.8 Å². The Morgan fingerprint density at radius 1 is 1.11 bits per heavy atom. The summed E-state index contributed by atoms with van der Waals surface area (Å²) in [5.74, 6) is 0.113. The lowest BCUT2D eigenvalue weighted by Crippen LogP contribution is -2.30. The molecule has 1 amide bonds. The van der Waals surface area contributed by atoms with Gasteiger partial charge >= 0.3 is 0 Å². The Bertz CT molecular complexity index is 513. The largest absolute Gasteiger partial charge is 0.345 e. The van der Waals surface area contributed by atoms with Crippen LogP contribution >= 0.6 is 0 Å². The Labute approximate surface area is 113 Å². The van der Waals surface area contributed by atoms with E-state index in [0.29, 0.717) is 13.0 Å². The summed E-state index contributed by atoms with van der Waals surface area (Å²) in [4.78, 5) is 21.8. The van der Waals surface area contributed by atoms with Crippen molar-refractivity contribution in [2.75, 3.05) is 13.6 Å². The van der Waals surface area contributed by atoms with E-state index in [-0.39, 0.29) is 5.91 Å². The van der Waals surface area contributed by atoms with Gasteiger partial charge in [-0.05, 0) is 35.7 Å². The lowest BCUT2D eigenvalue weighted by Gasteiger charge is -2.17. The molecule has 4 nitrogen and oxygen atoms in total. The third kappa shape index (κ3) is 4.17. The minimum atomic E-state index is 0.113. The standard InChI is InChI=1S/C15H17N3O/c1-18(10-6-13-4-8-16-9-5-13)15(19)11-14-3-2-7-17-12-14/h2-5,7-9,12H,6,10-11H2,1H3. The second-order valence-electron chi connectivity index (χ2n) is 4.46. The zero-order valence-corrected chi connectivity index (χ0v) is 11.0. The first kappa shape index (κ1) is 13.2. The first-order chi connectivity index (χ1) is 9.25. The van der Waals surface area contributed by atoms with Crippen LogP contribution in [0.3, 0.4) is 0 Å². The van der Waals surface area contributed by atoms with Gasteiger partial charge in [0.05, 0.1) is 6.42 Å². The van der Waals surface area contributed by atoms with Crippen LogP contribution < -0.4 is 0 Å². The smallest absolute Gasteiger partial charge is 0.226 e. The maximum atomic E-state index is 12.0. The van der Waals surface area contributed by atoms with Gasteiger partial charge in [-0.25, -0.2) is 0 Å². The second kappa shape index (κ2) is 6.64. The highest BCUT2D eigenvalue weighted by Crippen LogP contribution is 2.03. The van der Waals surface area contributed by atoms with E-state index < -0.39 is 0 Å². The van der Waals surface area contributed by atoms with Gasteiger partial charge in [-0.15, -0.1) is 0 Å². The molecule has 0 spiro atoms. The molecule has 98 valence electrons. The van der Waals surface area contributed by atoms with E-state index in [2.05, 4.69) is 9.97 Å². The van der Waals surface area contributed by atoms with Crippen molar-refractivity contribution in [3.8, 4) is 0 Å². The molecule has 0 atom stereocenters. The Balaban J connectivity index is 1.83. The molecule has 0 bridgehead atoms. The molecular weight excluding hydrogens is 238 g/mol. The number of nitrogens with zero attached hydrogens (tertiary/aromatic N) is 3. The number of hydrogen-bond donors (Lipinski definition) is 0. The highest BCUT2D eigenvalue weighted by atomic mass is 16.2. The minimum Gasteiger partial charge on any atom is -0.345 e. The average Bonchev–Trinajstić information content (AvgIpc) is 2.47. The molecule has 0 saturated heterocycles. The van der Waals surface area contributed by atoms with Crippen molar-refractivity contribution in [1.29, 1.82) is 0 Å². The van der Waals surface area contributed by atoms with Crippen molar-refractivity contribution >= 4 is 5.91 Å². The number of likely N-dealkylation sites (N-methyl/N-ethyl adjacent to an activating group) is 1. The fourth-order valence-corrected chi connectivity index (χ4v) is 1.78. The molecule has 0 aliphatic heterocycles. The normalized spacial score (nSPS) is 10.2. The van der Waals surface area contributed by atoms with Crippen LogP contribution in [0.5, 0.6) is 0 Å². The molecule has 2 aromatic heterocycles. The van der Waals surface area contributed by atoms with Crippen LogP contribution in [-0.2, 0) is 17.6 Å². The predicted molar refractivity (Wildman–Crippen MR) is 73.5 cm³/mol. The van der Waals surface area contributed by atoms with Gasteiger partial charge in [0.15, 0.2) is 0 Å². The highest BCUT2D eigenvalue weighted by molar-refractivity contribution is 5.78. The monoisotopic (exact) mass is 255 g/mol. The fourth-order valence-electron chi connectivity index (χ4n) is 1.78. The first-order valence-corrected chi connectivity index (χ1v) is 6.27. The van der Waals surface area contributed by atoms with Gasteiger partial charge < -0.3 is 4.90 Å². The van der Waals surface area contributed by atoms with Gasteiger partial charge in [0.2, 0.25) is 5.91 Å². The Morgan fingerprint density at radius 2 is 1.89 bits per heavy atom. The van der Waals surface area contributed by atoms with Gasteiger partial charge in [-0.2, -0.15) is 0 Å². The molecule has 0 aliphatic rings. The van der Waals surface area contributed by atoms with Crippen molar-refractivity contribution in [2.45, 2.75) is 12.8 Å². The van der Waals surface area contributed by atoms with Crippen molar-refractivity contribution in [3.05, 3.63) is 60.2 Å². The van der Waals surface area contributed by atoms with Gasteiger partial charge in [0.1, 0.15) is 0 Å². The van der Waals surface area contributed by atoms with Crippen LogP contribution in [0.15, 0.2) is 49.1 Å². The Hall–Kier alpha value is -2.23. The number of carbonyl (C=O) groups is 1. The summed E-state index contributed by atoms with van der Waals surface area (Å²) in [6.07, 6.45) is 8.23. The van der Waals surface area contributed by atoms with Crippen LogP contribution in [0.25, 0.3) is 0 Å². The average molecular weight is 255 g/mol. The third-order valence-corrected chi connectivity index (χ3v) is 2.99. The van der Waals surface area contributed by atoms with Crippen molar-refractivity contribution in [2.24, 2.45) is 0 Å². The zero-order chi connectivity index (χ0) is 13.5. The van der Waals surface area contributed by atoms with Crippen molar-refractivity contribution < 1.29 is 4.79 Å². The summed E-state index contributed by atoms with van der Waals surface area (Å²) in [5.41, 5.74) is 2.14. The number of amides is 1. The molecule has 2 rings (SSSR count). The maximum absolute atomic E-state index is 12.0. The summed E-state index contributed by atoms with van der Waals surface area (Å²) in [6.45, 7) is 0.711. The molecule has 0 fully saturated rings. The third-order valence-electron chi connectivity index (χ3n) is 2.99. The van der Waals surface area contributed by atoms with E-state index in [1.165, 1.54) is 5.56 Å². The van der Waals surface area contributed by atoms with Crippen LogP contribution in [-0.4, -0.2) is 34.4 Å². The van der Waals surface area contributed by atoms with Crippen LogP contribution in [0.1, 0.15) is 11.1 Å². The minimum absolute atomic E-state index is 0.113. The highest BCUT2D eigenvalue weighted by Gasteiger charge is 2.09. The van der Waals surface area contributed by atoms with Crippen molar-refractivity contribution in [3.63, 3.8) is 0 Å². The molecule has 0 N–H and O–H groups in total. The molecule has 0 unspecified atom stereocenters. The summed E-state index contributed by atoms with van der Waals surface area (Å²) < 4.78 is 0. The van der Waals surface area contributed by atoms with Gasteiger partial charge in [0.25, 0.3) is 0 Å². The Morgan fingerprint density at radius 3 is 2.58 bits per heavy atom. The van der Waals surface area contributed by atoms with E-state index in [1.54, 1.807) is 29.7 Å². The maximum Gasteiger partial charge on any atom is 0.226 e. The lowest BCUT2D eigenvalue weighted by atomic mass is 10.1. The van der Waals surface area contributed by atoms with E-state index >= 15 is 0 Å². The number of aromatic nitrogens is 2. The molecule has 0 radical (unpaired) electrons. The molecule has 0 aromatic carbocycles. The molecule has 4 heteroatoms. The molecule has 0 saturated carbocycles. The van der Waals surface area contributed by atoms with E-state index in [0.717, 1.165) is 12.0 Å². The summed E-state index contributed by atoms with van der Waals surface area (Å²) in [5, 5.41) is 0. The first-order valence-electron chi connectivity index (χ1n) is 6.27. The number of hydrogen-bond acceptors (Lipinski definition) is 3. The van der Waals surface area contributed by atoms with E-state index in [9.17, 15) is 4.79 Å². The lowest BCUT2D eigenvalue weighted by molar-refractivity contribution is -0.129.